The molecular formula is C29H37N3O4. The highest BCUT2D eigenvalue weighted by molar-refractivity contribution is 5.91. The largest absolute Gasteiger partial charge is 0.454 e. The first kappa shape index (κ1) is 24.8. The zero-order valence-electron chi connectivity index (χ0n) is 21.4. The normalized spacial score (nSPS) is 19.6. The lowest BCUT2D eigenvalue weighted by atomic mass is 9.78. The minimum absolute atomic E-state index is 0.0360. The van der Waals surface area contributed by atoms with Gasteiger partial charge in [-0.1, -0.05) is 30.3 Å². The van der Waals surface area contributed by atoms with Crippen LogP contribution in [-0.4, -0.2) is 52.5 Å². The predicted molar refractivity (Wildman–Crippen MR) is 137 cm³/mol. The number of rotatable bonds is 8. The number of aromatic nitrogens is 2. The summed E-state index contributed by atoms with van der Waals surface area (Å²) in [7, 11) is 0. The van der Waals surface area contributed by atoms with Gasteiger partial charge in [-0.25, -0.2) is 0 Å². The summed E-state index contributed by atoms with van der Waals surface area (Å²) in [6.07, 6.45) is 4.95. The van der Waals surface area contributed by atoms with E-state index >= 15 is 0 Å². The number of nitrogens with zero attached hydrogens (tertiary/aromatic N) is 3. The van der Waals surface area contributed by atoms with Crippen molar-refractivity contribution in [2.45, 2.75) is 64.7 Å². The Morgan fingerprint density at radius 2 is 1.94 bits per heavy atom. The number of benzene rings is 1. The Morgan fingerprint density at radius 1 is 1.14 bits per heavy atom. The maximum Gasteiger partial charge on any atom is 0.289 e. The van der Waals surface area contributed by atoms with Crippen molar-refractivity contribution in [1.82, 2.24) is 14.7 Å². The Morgan fingerprint density at radius 3 is 2.69 bits per heavy atom. The number of carbonyl (C=O) groups is 1. The smallest absolute Gasteiger partial charge is 0.289 e. The maximum atomic E-state index is 13.1. The molecule has 7 heteroatoms. The van der Waals surface area contributed by atoms with E-state index in [0.29, 0.717) is 37.9 Å². The van der Waals surface area contributed by atoms with Crippen LogP contribution in [0, 0.1) is 19.8 Å². The summed E-state index contributed by atoms with van der Waals surface area (Å²) in [5.41, 5.74) is 3.16. The molecule has 1 spiro atoms. The van der Waals surface area contributed by atoms with E-state index < -0.39 is 0 Å². The standard InChI is InChI=1S/C29H37N3O4/c1-22-18-23(2)32(30-22)20-26-8-9-27(36-26)28(33)31-14-12-29(13-15-31)19-24(11-17-35-29)10-16-34-21-25-6-4-3-5-7-25/h3-9,18,24H,10-17,19-21H2,1-2H3. The minimum atomic E-state index is -0.108. The van der Waals surface area contributed by atoms with Crippen LogP contribution in [0.1, 0.15) is 65.4 Å². The van der Waals surface area contributed by atoms with Gasteiger partial charge in [0.2, 0.25) is 0 Å². The first-order valence-electron chi connectivity index (χ1n) is 13.1. The molecule has 2 aromatic heterocycles. The Kier molecular flexibility index (Phi) is 7.58. The molecule has 7 nitrogen and oxygen atoms in total. The highest BCUT2D eigenvalue weighted by Crippen LogP contribution is 2.39. The number of hydrogen-bond donors (Lipinski definition) is 0. The van der Waals surface area contributed by atoms with E-state index in [-0.39, 0.29) is 11.5 Å². The maximum absolute atomic E-state index is 13.1. The molecule has 1 aromatic carbocycles. The zero-order valence-corrected chi connectivity index (χ0v) is 21.4. The van der Waals surface area contributed by atoms with Crippen LogP contribution in [0.4, 0.5) is 0 Å². The Balaban J connectivity index is 1.09. The topological polar surface area (TPSA) is 69.7 Å². The third-order valence-corrected chi connectivity index (χ3v) is 7.62. The third-order valence-electron chi connectivity index (χ3n) is 7.62. The number of aryl methyl sites for hydroxylation is 2. The van der Waals surface area contributed by atoms with Crippen molar-refractivity contribution in [2.75, 3.05) is 26.3 Å². The van der Waals surface area contributed by atoms with Crippen molar-refractivity contribution in [3.63, 3.8) is 0 Å². The minimum Gasteiger partial charge on any atom is -0.454 e. The molecule has 36 heavy (non-hydrogen) atoms. The second-order valence-corrected chi connectivity index (χ2v) is 10.4. The van der Waals surface area contributed by atoms with Gasteiger partial charge in [0.05, 0.1) is 24.4 Å². The zero-order chi connectivity index (χ0) is 25.0. The molecule has 1 amide bonds. The van der Waals surface area contributed by atoms with Crippen molar-refractivity contribution in [1.29, 1.82) is 0 Å². The summed E-state index contributed by atoms with van der Waals surface area (Å²) in [6, 6.07) is 16.0. The van der Waals surface area contributed by atoms with Crippen LogP contribution >= 0.6 is 0 Å². The quantitative estimate of drug-likeness (QED) is 0.408. The number of furan rings is 1. The molecule has 2 aliphatic heterocycles. The fourth-order valence-electron chi connectivity index (χ4n) is 5.57. The van der Waals surface area contributed by atoms with Gasteiger partial charge in [-0.3, -0.25) is 9.48 Å². The second-order valence-electron chi connectivity index (χ2n) is 10.4. The molecule has 0 radical (unpaired) electrons. The van der Waals surface area contributed by atoms with Gasteiger partial charge in [0.25, 0.3) is 5.91 Å². The Labute approximate surface area is 213 Å². The van der Waals surface area contributed by atoms with Crippen molar-refractivity contribution < 1.29 is 18.7 Å². The van der Waals surface area contributed by atoms with Crippen LogP contribution in [-0.2, 0) is 22.6 Å². The number of hydrogen-bond acceptors (Lipinski definition) is 5. The summed E-state index contributed by atoms with van der Waals surface area (Å²) in [6.45, 7) is 8.16. The fraction of sp³-hybridized carbons (Fsp3) is 0.517. The lowest BCUT2D eigenvalue weighted by molar-refractivity contribution is -0.126. The molecule has 192 valence electrons. The van der Waals surface area contributed by atoms with Crippen molar-refractivity contribution in [2.24, 2.45) is 5.92 Å². The van der Waals surface area contributed by atoms with Gasteiger partial charge in [0.1, 0.15) is 5.76 Å². The van der Waals surface area contributed by atoms with E-state index in [2.05, 4.69) is 17.2 Å². The molecule has 2 fully saturated rings. The molecule has 0 bridgehead atoms. The molecule has 2 aliphatic rings. The monoisotopic (exact) mass is 491 g/mol. The number of carbonyl (C=O) groups excluding carboxylic acids is 1. The van der Waals surface area contributed by atoms with Gasteiger partial charge in [-0.05, 0) is 75.6 Å². The van der Waals surface area contributed by atoms with Crippen LogP contribution < -0.4 is 0 Å². The van der Waals surface area contributed by atoms with Crippen LogP contribution in [0.3, 0.4) is 0 Å². The predicted octanol–water partition coefficient (Wildman–Crippen LogP) is 5.15. The van der Waals surface area contributed by atoms with Gasteiger partial charge >= 0.3 is 0 Å². The van der Waals surface area contributed by atoms with E-state index in [1.54, 1.807) is 6.07 Å². The van der Waals surface area contributed by atoms with Crippen LogP contribution in [0.5, 0.6) is 0 Å². The molecule has 3 aromatic rings. The number of amides is 1. The number of ether oxygens (including phenoxy) is 2. The number of piperidine rings is 1. The van der Waals surface area contributed by atoms with Gasteiger partial charge in [-0.2, -0.15) is 5.10 Å². The van der Waals surface area contributed by atoms with E-state index in [1.807, 2.05) is 53.8 Å². The van der Waals surface area contributed by atoms with E-state index in [0.717, 1.165) is 62.5 Å². The summed E-state index contributed by atoms with van der Waals surface area (Å²) < 4.78 is 20.1. The highest BCUT2D eigenvalue weighted by Gasteiger charge is 2.41. The molecule has 4 heterocycles. The molecule has 0 saturated carbocycles. The average Bonchev–Trinajstić information content (AvgIpc) is 3.48. The van der Waals surface area contributed by atoms with E-state index in [1.165, 1.54) is 5.56 Å². The third kappa shape index (κ3) is 5.90. The van der Waals surface area contributed by atoms with Crippen LogP contribution in [0.2, 0.25) is 0 Å². The van der Waals surface area contributed by atoms with Gasteiger partial charge < -0.3 is 18.8 Å². The average molecular weight is 492 g/mol. The molecular weight excluding hydrogens is 454 g/mol. The van der Waals surface area contributed by atoms with Crippen molar-refractivity contribution in [3.05, 3.63) is 77.0 Å². The number of likely N-dealkylation sites (tertiary alicyclic amines) is 1. The Bertz CT molecular complexity index is 1140. The highest BCUT2D eigenvalue weighted by atomic mass is 16.5. The molecule has 1 atom stereocenters. The van der Waals surface area contributed by atoms with Crippen LogP contribution in [0.25, 0.3) is 0 Å². The van der Waals surface area contributed by atoms with Crippen molar-refractivity contribution >= 4 is 5.91 Å². The van der Waals surface area contributed by atoms with E-state index in [9.17, 15) is 4.79 Å². The summed E-state index contributed by atoms with van der Waals surface area (Å²) >= 11 is 0. The molecule has 0 aliphatic carbocycles. The lowest BCUT2D eigenvalue weighted by Crippen LogP contribution is -2.50. The van der Waals surface area contributed by atoms with Gasteiger partial charge in [0.15, 0.2) is 5.76 Å². The lowest BCUT2D eigenvalue weighted by Gasteiger charge is -2.46. The molecule has 5 rings (SSSR count). The first-order valence-corrected chi connectivity index (χ1v) is 13.1. The molecule has 1 unspecified atom stereocenters. The fourth-order valence-corrected chi connectivity index (χ4v) is 5.57. The molecule has 0 N–H and O–H groups in total. The van der Waals surface area contributed by atoms with Gasteiger partial charge in [-0.15, -0.1) is 0 Å². The summed E-state index contributed by atoms with van der Waals surface area (Å²) in [5, 5.41) is 4.48. The Hall–Kier alpha value is -2.90. The van der Waals surface area contributed by atoms with Crippen LogP contribution in [0.15, 0.2) is 52.9 Å². The van der Waals surface area contributed by atoms with E-state index in [4.69, 9.17) is 13.9 Å². The summed E-state index contributed by atoms with van der Waals surface area (Å²) in [4.78, 5) is 15.0. The molecule has 2 saturated heterocycles. The summed E-state index contributed by atoms with van der Waals surface area (Å²) in [5.74, 6) is 1.72. The first-order chi connectivity index (χ1) is 17.5. The van der Waals surface area contributed by atoms with Crippen molar-refractivity contribution in [3.8, 4) is 0 Å². The SMILES string of the molecule is Cc1cc(C)n(Cc2ccc(C(=O)N3CCC4(CC3)CC(CCOCc3ccccc3)CCO4)o2)n1. The second kappa shape index (κ2) is 11.0. The van der Waals surface area contributed by atoms with Gasteiger partial charge in [0, 0.05) is 32.0 Å².